The van der Waals surface area contributed by atoms with E-state index in [2.05, 4.69) is 47.1 Å². The first-order chi connectivity index (χ1) is 13.2. The van der Waals surface area contributed by atoms with Gasteiger partial charge in [0.15, 0.2) is 5.65 Å². The standard InChI is InChI=1S/C21H22N4OS/c1-3-14-9-10-15(4-2)17(11-14)19(26)12-27-21-23-20-16-7-5-6-8-18(16)22-13-25(20)24-21/h5-11,13,19,26H,3-4,12H2,1-2H3/t19-/m1/s1. The number of aromatic nitrogens is 4. The third-order valence-corrected chi connectivity index (χ3v) is 5.71. The molecule has 0 aliphatic carbocycles. The van der Waals surface area contributed by atoms with Crippen LogP contribution in [0.2, 0.25) is 0 Å². The summed E-state index contributed by atoms with van der Waals surface area (Å²) in [7, 11) is 0. The summed E-state index contributed by atoms with van der Waals surface area (Å²) in [6.45, 7) is 4.25. The molecule has 0 bridgehead atoms. The number of rotatable bonds is 6. The third-order valence-electron chi connectivity index (χ3n) is 4.79. The lowest BCUT2D eigenvalue weighted by Crippen LogP contribution is -2.05. The van der Waals surface area contributed by atoms with Gasteiger partial charge in [0.25, 0.3) is 0 Å². The van der Waals surface area contributed by atoms with Gasteiger partial charge in [-0.25, -0.2) is 14.5 Å². The van der Waals surface area contributed by atoms with Crippen molar-refractivity contribution in [1.29, 1.82) is 0 Å². The van der Waals surface area contributed by atoms with Crippen molar-refractivity contribution in [2.75, 3.05) is 5.75 Å². The Morgan fingerprint density at radius 1 is 1.11 bits per heavy atom. The first-order valence-electron chi connectivity index (χ1n) is 9.22. The molecule has 2 aromatic carbocycles. The topological polar surface area (TPSA) is 63.3 Å². The lowest BCUT2D eigenvalue weighted by molar-refractivity contribution is 0.203. The Morgan fingerprint density at radius 2 is 1.96 bits per heavy atom. The maximum absolute atomic E-state index is 10.8. The average molecular weight is 379 g/mol. The number of para-hydroxylation sites is 1. The van der Waals surface area contributed by atoms with Gasteiger partial charge in [0, 0.05) is 11.1 Å². The molecular weight excluding hydrogens is 356 g/mol. The molecule has 0 fully saturated rings. The Balaban J connectivity index is 1.57. The molecule has 0 saturated heterocycles. The van der Waals surface area contributed by atoms with Gasteiger partial charge in [0.2, 0.25) is 5.16 Å². The molecule has 0 amide bonds. The number of benzene rings is 2. The zero-order valence-electron chi connectivity index (χ0n) is 15.5. The van der Waals surface area contributed by atoms with E-state index in [1.807, 2.05) is 24.3 Å². The van der Waals surface area contributed by atoms with E-state index in [0.717, 1.165) is 35.0 Å². The van der Waals surface area contributed by atoms with Crippen LogP contribution in [0.1, 0.15) is 36.6 Å². The summed E-state index contributed by atoms with van der Waals surface area (Å²) in [5.41, 5.74) is 5.14. The quantitative estimate of drug-likeness (QED) is 0.509. The zero-order chi connectivity index (χ0) is 18.8. The molecule has 2 heterocycles. The van der Waals surface area contributed by atoms with Crippen molar-refractivity contribution >= 4 is 28.3 Å². The van der Waals surface area contributed by atoms with Crippen LogP contribution in [0.15, 0.2) is 53.9 Å². The van der Waals surface area contributed by atoms with Gasteiger partial charge in [0.05, 0.1) is 11.6 Å². The summed E-state index contributed by atoms with van der Waals surface area (Å²) in [5, 5.41) is 16.9. The van der Waals surface area contributed by atoms with Crippen molar-refractivity contribution in [3.8, 4) is 0 Å². The van der Waals surface area contributed by atoms with Crippen molar-refractivity contribution in [2.24, 2.45) is 0 Å². The van der Waals surface area contributed by atoms with E-state index in [1.165, 1.54) is 22.9 Å². The van der Waals surface area contributed by atoms with Crippen molar-refractivity contribution in [2.45, 2.75) is 37.9 Å². The molecule has 0 aliphatic rings. The van der Waals surface area contributed by atoms with Crippen LogP contribution >= 0.6 is 11.8 Å². The van der Waals surface area contributed by atoms with Crippen LogP contribution in [0.5, 0.6) is 0 Å². The molecule has 2 aromatic heterocycles. The second-order valence-corrected chi connectivity index (χ2v) is 7.48. The molecule has 0 unspecified atom stereocenters. The smallest absolute Gasteiger partial charge is 0.209 e. The Labute approximate surface area is 162 Å². The molecule has 5 nitrogen and oxygen atoms in total. The van der Waals surface area contributed by atoms with E-state index in [1.54, 1.807) is 10.8 Å². The minimum atomic E-state index is -0.544. The maximum atomic E-state index is 10.8. The SMILES string of the molecule is CCc1ccc(CC)c([C@H](O)CSc2nc3c4ccccc4ncn3n2)c1. The predicted molar refractivity (Wildman–Crippen MR) is 109 cm³/mol. The first kappa shape index (κ1) is 17.9. The van der Waals surface area contributed by atoms with Crippen LogP contribution in [0.25, 0.3) is 16.6 Å². The number of hydrogen-bond acceptors (Lipinski definition) is 5. The molecule has 1 N–H and O–H groups in total. The predicted octanol–water partition coefficient (Wildman–Crippen LogP) is 4.23. The van der Waals surface area contributed by atoms with Gasteiger partial charge in [-0.1, -0.05) is 55.9 Å². The van der Waals surface area contributed by atoms with Crippen molar-refractivity contribution in [3.05, 3.63) is 65.5 Å². The highest BCUT2D eigenvalue weighted by atomic mass is 32.2. The van der Waals surface area contributed by atoms with Gasteiger partial charge in [-0.3, -0.25) is 0 Å². The molecule has 138 valence electrons. The summed E-state index contributed by atoms with van der Waals surface area (Å²) in [4.78, 5) is 9.06. The second-order valence-electron chi connectivity index (χ2n) is 6.49. The molecule has 1 atom stereocenters. The van der Waals surface area contributed by atoms with Gasteiger partial charge in [-0.2, -0.15) is 0 Å². The van der Waals surface area contributed by atoms with Gasteiger partial charge in [0.1, 0.15) is 6.33 Å². The monoisotopic (exact) mass is 378 g/mol. The minimum absolute atomic E-state index is 0.516. The van der Waals surface area contributed by atoms with Crippen LogP contribution in [-0.2, 0) is 12.8 Å². The number of aliphatic hydroxyl groups is 1. The number of nitrogens with zero attached hydrogens (tertiary/aromatic N) is 4. The second kappa shape index (κ2) is 7.66. The highest BCUT2D eigenvalue weighted by Gasteiger charge is 2.15. The summed E-state index contributed by atoms with van der Waals surface area (Å²) < 4.78 is 1.70. The van der Waals surface area contributed by atoms with Crippen molar-refractivity contribution in [1.82, 2.24) is 19.6 Å². The van der Waals surface area contributed by atoms with Crippen LogP contribution < -0.4 is 0 Å². The Hall–Kier alpha value is -2.44. The first-order valence-corrected chi connectivity index (χ1v) is 10.2. The summed E-state index contributed by atoms with van der Waals surface area (Å²) in [5.74, 6) is 0.516. The Bertz CT molecular complexity index is 1090. The van der Waals surface area contributed by atoms with Gasteiger partial charge in [-0.05, 0) is 41.7 Å². The van der Waals surface area contributed by atoms with Crippen LogP contribution in [0, 0.1) is 0 Å². The molecule has 0 spiro atoms. The largest absolute Gasteiger partial charge is 0.388 e. The molecule has 4 aromatic rings. The van der Waals surface area contributed by atoms with Gasteiger partial charge < -0.3 is 5.11 Å². The molecule has 0 aliphatic heterocycles. The number of thioether (sulfide) groups is 1. The fraction of sp³-hybridized carbons (Fsp3) is 0.286. The van der Waals surface area contributed by atoms with Crippen molar-refractivity contribution < 1.29 is 5.11 Å². The minimum Gasteiger partial charge on any atom is -0.388 e. The molecular formula is C21H22N4OS. The van der Waals surface area contributed by atoms with Crippen LogP contribution in [-0.4, -0.2) is 30.4 Å². The lowest BCUT2D eigenvalue weighted by atomic mass is 9.97. The number of aliphatic hydroxyl groups excluding tert-OH is 1. The van der Waals surface area contributed by atoms with Crippen LogP contribution in [0.3, 0.4) is 0 Å². The highest BCUT2D eigenvalue weighted by molar-refractivity contribution is 7.99. The lowest BCUT2D eigenvalue weighted by Gasteiger charge is -2.15. The van der Waals surface area contributed by atoms with E-state index < -0.39 is 6.10 Å². The fourth-order valence-electron chi connectivity index (χ4n) is 3.26. The third kappa shape index (κ3) is 3.55. The van der Waals surface area contributed by atoms with Crippen molar-refractivity contribution in [3.63, 3.8) is 0 Å². The van der Waals surface area contributed by atoms with E-state index in [4.69, 9.17) is 0 Å². The summed E-state index contributed by atoms with van der Waals surface area (Å²) in [6.07, 6.45) is 3.01. The van der Waals surface area contributed by atoms with Crippen LogP contribution in [0.4, 0.5) is 0 Å². The zero-order valence-corrected chi connectivity index (χ0v) is 16.3. The molecule has 6 heteroatoms. The Kier molecular flexibility index (Phi) is 5.09. The molecule has 0 radical (unpaired) electrons. The van der Waals surface area contributed by atoms with E-state index in [9.17, 15) is 5.11 Å². The Morgan fingerprint density at radius 3 is 2.78 bits per heavy atom. The van der Waals surface area contributed by atoms with Gasteiger partial charge in [-0.15, -0.1) is 5.10 Å². The highest BCUT2D eigenvalue weighted by Crippen LogP contribution is 2.27. The molecule has 0 saturated carbocycles. The summed E-state index contributed by atoms with van der Waals surface area (Å²) >= 11 is 1.47. The van der Waals surface area contributed by atoms with E-state index >= 15 is 0 Å². The van der Waals surface area contributed by atoms with Gasteiger partial charge >= 0.3 is 0 Å². The number of aryl methyl sites for hydroxylation is 2. The molecule has 4 rings (SSSR count). The number of hydrogen-bond donors (Lipinski definition) is 1. The average Bonchev–Trinajstić information content (AvgIpc) is 3.15. The summed E-state index contributed by atoms with van der Waals surface area (Å²) in [6, 6.07) is 14.3. The molecule has 27 heavy (non-hydrogen) atoms. The normalized spacial score (nSPS) is 12.7. The number of fused-ring (bicyclic) bond motifs is 3. The van der Waals surface area contributed by atoms with E-state index in [-0.39, 0.29) is 0 Å². The maximum Gasteiger partial charge on any atom is 0.209 e. The van der Waals surface area contributed by atoms with E-state index in [0.29, 0.717) is 10.9 Å². The fourth-order valence-corrected chi connectivity index (χ4v) is 4.04.